The quantitative estimate of drug-likeness (QED) is 0.843. The lowest BCUT2D eigenvalue weighted by Gasteiger charge is -2.34. The van der Waals surface area contributed by atoms with Crippen LogP contribution >= 0.6 is 0 Å². The highest BCUT2D eigenvalue weighted by molar-refractivity contribution is 5.89. The van der Waals surface area contributed by atoms with E-state index in [0.29, 0.717) is 13.1 Å². The average molecular weight is 397 g/mol. The topological polar surface area (TPSA) is 38.8 Å². The van der Waals surface area contributed by atoms with Gasteiger partial charge >= 0.3 is 6.03 Å². The summed E-state index contributed by atoms with van der Waals surface area (Å²) in [5.74, 6) is -0.209. The van der Waals surface area contributed by atoms with Gasteiger partial charge in [0.2, 0.25) is 0 Å². The Labute approximate surface area is 172 Å². The smallest absolute Gasteiger partial charge is 0.321 e. The molecule has 2 saturated heterocycles. The van der Waals surface area contributed by atoms with Crippen LogP contribution in [0.1, 0.15) is 24.8 Å². The van der Waals surface area contributed by atoms with Gasteiger partial charge in [-0.05, 0) is 61.2 Å². The summed E-state index contributed by atoms with van der Waals surface area (Å²) >= 11 is 0. The normalized spacial score (nSPS) is 18.0. The summed E-state index contributed by atoms with van der Waals surface area (Å²) in [7, 11) is 0. The molecule has 2 aliphatic heterocycles. The lowest BCUT2D eigenvalue weighted by atomic mass is 10.1. The summed E-state index contributed by atoms with van der Waals surface area (Å²) in [5.41, 5.74) is 3.17. The molecule has 2 aromatic carbocycles. The van der Waals surface area contributed by atoms with Gasteiger partial charge in [0.25, 0.3) is 0 Å². The highest BCUT2D eigenvalue weighted by atomic mass is 19.1. The first-order chi connectivity index (χ1) is 14.2. The first-order valence-corrected chi connectivity index (χ1v) is 10.6. The first-order valence-electron chi connectivity index (χ1n) is 10.6. The van der Waals surface area contributed by atoms with Crippen molar-refractivity contribution in [3.8, 4) is 0 Å². The number of anilines is 2. The van der Waals surface area contributed by atoms with Gasteiger partial charge < -0.3 is 15.1 Å². The lowest BCUT2D eigenvalue weighted by Crippen LogP contribution is -2.49. The van der Waals surface area contributed by atoms with E-state index >= 15 is 0 Å². The Bertz CT molecular complexity index is 795. The van der Waals surface area contributed by atoms with Gasteiger partial charge in [-0.2, -0.15) is 0 Å². The van der Waals surface area contributed by atoms with Crippen molar-refractivity contribution in [3.05, 3.63) is 59.9 Å². The fraction of sp³-hybridized carbons (Fsp3) is 0.435. The van der Waals surface area contributed by atoms with E-state index in [1.165, 1.54) is 37.1 Å². The molecule has 29 heavy (non-hydrogen) atoms. The summed E-state index contributed by atoms with van der Waals surface area (Å²) in [5, 5.41) is 3.02. The Morgan fingerprint density at radius 2 is 1.48 bits per heavy atom. The first kappa shape index (κ1) is 19.7. The number of hydrogen-bond donors (Lipinski definition) is 1. The summed E-state index contributed by atoms with van der Waals surface area (Å²) in [6.07, 6.45) is 3.83. The molecule has 154 valence electrons. The predicted molar refractivity (Wildman–Crippen MR) is 115 cm³/mol. The van der Waals surface area contributed by atoms with E-state index in [1.807, 2.05) is 29.2 Å². The number of rotatable bonds is 4. The second kappa shape index (κ2) is 9.27. The molecule has 0 atom stereocenters. The van der Waals surface area contributed by atoms with Gasteiger partial charge in [-0.3, -0.25) is 4.90 Å². The van der Waals surface area contributed by atoms with Crippen LogP contribution in [0.4, 0.5) is 20.6 Å². The third kappa shape index (κ3) is 5.26. The molecule has 4 rings (SSSR count). The molecule has 0 spiro atoms. The van der Waals surface area contributed by atoms with E-state index in [-0.39, 0.29) is 11.8 Å². The zero-order valence-corrected chi connectivity index (χ0v) is 16.8. The number of carbonyl (C=O) groups is 1. The highest BCUT2D eigenvalue weighted by Gasteiger charge is 2.21. The molecule has 0 unspecified atom stereocenters. The fourth-order valence-electron chi connectivity index (χ4n) is 4.07. The second-order valence-corrected chi connectivity index (χ2v) is 7.91. The molecule has 2 aromatic rings. The molecule has 0 radical (unpaired) electrons. The maximum Gasteiger partial charge on any atom is 0.321 e. The molecule has 2 amide bonds. The number of piperazine rings is 1. The molecular formula is C23H29FN4O. The van der Waals surface area contributed by atoms with Gasteiger partial charge in [0, 0.05) is 57.2 Å². The number of nitrogens with zero attached hydrogens (tertiary/aromatic N) is 3. The van der Waals surface area contributed by atoms with Gasteiger partial charge in [0.15, 0.2) is 0 Å². The minimum Gasteiger partial charge on any atom is -0.372 e. The Morgan fingerprint density at radius 3 is 2.14 bits per heavy atom. The Morgan fingerprint density at radius 1 is 0.828 bits per heavy atom. The zero-order chi connectivity index (χ0) is 20.1. The van der Waals surface area contributed by atoms with Gasteiger partial charge in [0.1, 0.15) is 5.82 Å². The number of amides is 2. The highest BCUT2D eigenvalue weighted by Crippen LogP contribution is 2.22. The maximum atomic E-state index is 13.0. The summed E-state index contributed by atoms with van der Waals surface area (Å²) in [6.45, 7) is 6.05. The molecular weight excluding hydrogens is 367 g/mol. The van der Waals surface area contributed by atoms with E-state index in [1.54, 1.807) is 0 Å². The van der Waals surface area contributed by atoms with Crippen LogP contribution in [0, 0.1) is 5.82 Å². The molecule has 6 heteroatoms. The molecule has 0 aromatic heterocycles. The Hall–Kier alpha value is -2.60. The minimum atomic E-state index is -0.209. The number of carbonyl (C=O) groups excluding carboxylic acids is 1. The van der Waals surface area contributed by atoms with Crippen molar-refractivity contribution in [2.75, 3.05) is 49.5 Å². The average Bonchev–Trinajstić information content (AvgIpc) is 2.77. The van der Waals surface area contributed by atoms with E-state index < -0.39 is 0 Å². The van der Waals surface area contributed by atoms with Crippen LogP contribution in [0.15, 0.2) is 48.5 Å². The largest absolute Gasteiger partial charge is 0.372 e. The number of halogens is 1. The van der Waals surface area contributed by atoms with Crippen molar-refractivity contribution >= 4 is 17.4 Å². The molecule has 5 nitrogen and oxygen atoms in total. The lowest BCUT2D eigenvalue weighted by molar-refractivity contribution is 0.143. The molecule has 0 aliphatic carbocycles. The van der Waals surface area contributed by atoms with E-state index in [9.17, 15) is 9.18 Å². The van der Waals surface area contributed by atoms with Crippen LogP contribution in [-0.2, 0) is 6.54 Å². The summed E-state index contributed by atoms with van der Waals surface area (Å²) in [6, 6.07) is 14.8. The SMILES string of the molecule is O=C(Nc1ccc(N2CCCCC2)cc1)N1CCN(Cc2ccc(F)cc2)CC1. The van der Waals surface area contributed by atoms with Gasteiger partial charge in [-0.1, -0.05) is 12.1 Å². The van der Waals surface area contributed by atoms with Gasteiger partial charge in [-0.25, -0.2) is 9.18 Å². The van der Waals surface area contributed by atoms with Crippen molar-refractivity contribution in [1.29, 1.82) is 0 Å². The third-order valence-electron chi connectivity index (χ3n) is 5.82. The van der Waals surface area contributed by atoms with Crippen LogP contribution in [-0.4, -0.2) is 55.1 Å². The van der Waals surface area contributed by atoms with Crippen LogP contribution < -0.4 is 10.2 Å². The molecule has 2 aliphatic rings. The third-order valence-corrected chi connectivity index (χ3v) is 5.82. The summed E-state index contributed by atoms with van der Waals surface area (Å²) in [4.78, 5) is 19.2. The number of hydrogen-bond acceptors (Lipinski definition) is 3. The standard InChI is InChI=1S/C23H29FN4O/c24-20-6-4-19(5-7-20)18-26-14-16-28(17-15-26)23(29)25-21-8-10-22(11-9-21)27-12-2-1-3-13-27/h4-11H,1-3,12-18H2,(H,25,29). The number of nitrogens with one attached hydrogen (secondary N) is 1. The van der Waals surface area contributed by atoms with Gasteiger partial charge in [-0.15, -0.1) is 0 Å². The Balaban J connectivity index is 1.24. The van der Waals surface area contributed by atoms with Crippen LogP contribution in [0.5, 0.6) is 0 Å². The molecule has 2 fully saturated rings. The molecule has 0 saturated carbocycles. The monoisotopic (exact) mass is 396 g/mol. The fourth-order valence-corrected chi connectivity index (χ4v) is 4.07. The maximum absolute atomic E-state index is 13.0. The molecule has 2 heterocycles. The minimum absolute atomic E-state index is 0.0443. The van der Waals surface area contributed by atoms with E-state index in [0.717, 1.165) is 44.0 Å². The number of piperidine rings is 1. The zero-order valence-electron chi connectivity index (χ0n) is 16.8. The van der Waals surface area contributed by atoms with Crippen LogP contribution in [0.2, 0.25) is 0 Å². The van der Waals surface area contributed by atoms with Crippen molar-refractivity contribution in [2.24, 2.45) is 0 Å². The van der Waals surface area contributed by atoms with Crippen molar-refractivity contribution in [2.45, 2.75) is 25.8 Å². The van der Waals surface area contributed by atoms with Crippen molar-refractivity contribution < 1.29 is 9.18 Å². The Kier molecular flexibility index (Phi) is 6.30. The van der Waals surface area contributed by atoms with Crippen molar-refractivity contribution in [1.82, 2.24) is 9.80 Å². The number of urea groups is 1. The predicted octanol–water partition coefficient (Wildman–Crippen LogP) is 4.17. The number of benzene rings is 2. The van der Waals surface area contributed by atoms with Gasteiger partial charge in [0.05, 0.1) is 0 Å². The molecule has 0 bridgehead atoms. The second-order valence-electron chi connectivity index (χ2n) is 7.91. The van der Waals surface area contributed by atoms with E-state index in [4.69, 9.17) is 0 Å². The summed E-state index contributed by atoms with van der Waals surface area (Å²) < 4.78 is 13.0. The van der Waals surface area contributed by atoms with Crippen LogP contribution in [0.25, 0.3) is 0 Å². The van der Waals surface area contributed by atoms with E-state index in [2.05, 4.69) is 27.2 Å². The molecule has 1 N–H and O–H groups in total. The van der Waals surface area contributed by atoms with Crippen molar-refractivity contribution in [3.63, 3.8) is 0 Å². The van der Waals surface area contributed by atoms with Crippen LogP contribution in [0.3, 0.4) is 0 Å².